The summed E-state index contributed by atoms with van der Waals surface area (Å²) in [5.74, 6) is 0.589. The van der Waals surface area contributed by atoms with E-state index in [1.165, 1.54) is 12.8 Å². The predicted octanol–water partition coefficient (Wildman–Crippen LogP) is 0.822. The van der Waals surface area contributed by atoms with Crippen LogP contribution in [0.25, 0.3) is 0 Å². The van der Waals surface area contributed by atoms with Crippen molar-refractivity contribution in [2.45, 2.75) is 63.6 Å². The first-order valence-electron chi connectivity index (χ1n) is 9.05. The normalized spacial score (nSPS) is 27.7. The van der Waals surface area contributed by atoms with E-state index in [-0.39, 0.29) is 12.0 Å². The Morgan fingerprint density at radius 1 is 1.09 bits per heavy atom. The van der Waals surface area contributed by atoms with Crippen LogP contribution in [0.4, 0.5) is 0 Å². The summed E-state index contributed by atoms with van der Waals surface area (Å²) in [6, 6.07) is 1.23. The minimum atomic E-state index is -0.215. The van der Waals surface area contributed by atoms with E-state index in [1.54, 1.807) is 0 Å². The van der Waals surface area contributed by atoms with Crippen molar-refractivity contribution < 1.29 is 9.90 Å². The summed E-state index contributed by atoms with van der Waals surface area (Å²) in [5, 5.41) is 12.8. The van der Waals surface area contributed by atoms with E-state index in [2.05, 4.69) is 15.1 Å². The first-order chi connectivity index (χ1) is 10.6. The number of aliphatic hydroxyl groups is 1. The molecule has 2 saturated heterocycles. The van der Waals surface area contributed by atoms with E-state index in [4.69, 9.17) is 0 Å². The molecule has 0 aromatic heterocycles. The van der Waals surface area contributed by atoms with Crippen LogP contribution in [0.1, 0.15) is 45.4 Å². The maximum Gasteiger partial charge on any atom is 0.234 e. The van der Waals surface area contributed by atoms with E-state index in [9.17, 15) is 9.90 Å². The largest absolute Gasteiger partial charge is 0.393 e. The van der Waals surface area contributed by atoms with Gasteiger partial charge in [0.2, 0.25) is 5.91 Å². The summed E-state index contributed by atoms with van der Waals surface area (Å²) in [4.78, 5) is 17.0. The number of nitrogens with one attached hydrogen (secondary N) is 1. The average Bonchev–Trinajstić information content (AvgIpc) is 3.33. The zero-order valence-corrected chi connectivity index (χ0v) is 13.8. The summed E-state index contributed by atoms with van der Waals surface area (Å²) in [6.45, 7) is 6.56. The van der Waals surface area contributed by atoms with Crippen LogP contribution < -0.4 is 5.32 Å². The van der Waals surface area contributed by atoms with Crippen LogP contribution in [0.3, 0.4) is 0 Å². The highest BCUT2D eigenvalue weighted by molar-refractivity contribution is 5.78. The second-order valence-electron chi connectivity index (χ2n) is 7.46. The first-order valence-corrected chi connectivity index (χ1v) is 9.05. The van der Waals surface area contributed by atoms with Crippen molar-refractivity contribution >= 4 is 5.91 Å². The first kappa shape index (κ1) is 16.2. The molecular formula is C17H31N3O2. The highest BCUT2D eigenvalue weighted by Crippen LogP contribution is 2.29. The monoisotopic (exact) mass is 309 g/mol. The van der Waals surface area contributed by atoms with E-state index in [1.807, 2.05) is 6.92 Å². The summed E-state index contributed by atoms with van der Waals surface area (Å²) in [5.41, 5.74) is 0. The van der Waals surface area contributed by atoms with E-state index in [0.29, 0.717) is 18.5 Å². The number of carbonyl (C=O) groups excluding carboxylic acids is 1. The molecule has 0 aromatic rings. The van der Waals surface area contributed by atoms with Crippen LogP contribution >= 0.6 is 0 Å². The second-order valence-corrected chi connectivity index (χ2v) is 7.46. The highest BCUT2D eigenvalue weighted by atomic mass is 16.3. The predicted molar refractivity (Wildman–Crippen MR) is 86.6 cm³/mol. The molecule has 1 aliphatic carbocycles. The molecule has 5 nitrogen and oxygen atoms in total. The standard InChI is InChI=1S/C17H31N3O2/c1-13(21)14-4-8-19(9-5-14)12-17(22)18-15-6-10-20(11-7-15)16-2-3-16/h13-16,21H,2-12H2,1H3,(H,18,22). The number of nitrogens with zero attached hydrogens (tertiary/aromatic N) is 2. The molecule has 1 atom stereocenters. The number of hydrogen-bond acceptors (Lipinski definition) is 4. The van der Waals surface area contributed by atoms with Gasteiger partial charge >= 0.3 is 0 Å². The van der Waals surface area contributed by atoms with Crippen molar-refractivity contribution in [2.24, 2.45) is 5.92 Å². The smallest absolute Gasteiger partial charge is 0.234 e. The Morgan fingerprint density at radius 3 is 2.27 bits per heavy atom. The van der Waals surface area contributed by atoms with Gasteiger partial charge < -0.3 is 15.3 Å². The van der Waals surface area contributed by atoms with Crippen LogP contribution in [-0.4, -0.2) is 71.7 Å². The minimum Gasteiger partial charge on any atom is -0.393 e. The average molecular weight is 309 g/mol. The fraction of sp³-hybridized carbons (Fsp3) is 0.941. The summed E-state index contributed by atoms with van der Waals surface area (Å²) in [6.07, 6.45) is 6.75. The van der Waals surface area contributed by atoms with Gasteiger partial charge in [-0.25, -0.2) is 0 Å². The number of amides is 1. The molecule has 5 heteroatoms. The molecule has 1 saturated carbocycles. The summed E-state index contributed by atoms with van der Waals surface area (Å²) in [7, 11) is 0. The van der Waals surface area contributed by atoms with Gasteiger partial charge in [-0.3, -0.25) is 9.69 Å². The molecule has 0 radical (unpaired) electrons. The van der Waals surface area contributed by atoms with Gasteiger partial charge in [0.25, 0.3) is 0 Å². The number of carbonyl (C=O) groups is 1. The van der Waals surface area contributed by atoms with E-state index >= 15 is 0 Å². The molecule has 2 aliphatic heterocycles. The fourth-order valence-corrected chi connectivity index (χ4v) is 3.92. The van der Waals surface area contributed by atoms with Gasteiger partial charge in [-0.1, -0.05) is 0 Å². The minimum absolute atomic E-state index is 0.181. The van der Waals surface area contributed by atoms with Gasteiger partial charge in [0.1, 0.15) is 0 Å². The second kappa shape index (κ2) is 7.28. The lowest BCUT2D eigenvalue weighted by molar-refractivity contribution is -0.123. The molecule has 0 bridgehead atoms. The molecule has 22 heavy (non-hydrogen) atoms. The van der Waals surface area contributed by atoms with Gasteiger partial charge in [0.05, 0.1) is 12.6 Å². The molecule has 1 amide bonds. The summed E-state index contributed by atoms with van der Waals surface area (Å²) >= 11 is 0. The molecule has 0 spiro atoms. The van der Waals surface area contributed by atoms with Crippen molar-refractivity contribution in [3.63, 3.8) is 0 Å². The topological polar surface area (TPSA) is 55.8 Å². The quantitative estimate of drug-likeness (QED) is 0.789. The van der Waals surface area contributed by atoms with Crippen LogP contribution in [-0.2, 0) is 4.79 Å². The third kappa shape index (κ3) is 4.43. The maximum absolute atomic E-state index is 12.2. The lowest BCUT2D eigenvalue weighted by atomic mass is 9.92. The van der Waals surface area contributed by atoms with Gasteiger partial charge in [0.15, 0.2) is 0 Å². The van der Waals surface area contributed by atoms with Crippen molar-refractivity contribution in [3.8, 4) is 0 Å². The Labute approximate surface area is 134 Å². The zero-order valence-electron chi connectivity index (χ0n) is 13.8. The Balaban J connectivity index is 1.33. The molecule has 3 rings (SSSR count). The number of piperidine rings is 2. The molecule has 2 N–H and O–H groups in total. The molecule has 1 unspecified atom stereocenters. The Morgan fingerprint density at radius 2 is 1.73 bits per heavy atom. The van der Waals surface area contributed by atoms with Crippen molar-refractivity contribution in [2.75, 3.05) is 32.7 Å². The van der Waals surface area contributed by atoms with Crippen molar-refractivity contribution in [3.05, 3.63) is 0 Å². The van der Waals surface area contributed by atoms with E-state index in [0.717, 1.165) is 57.9 Å². The zero-order chi connectivity index (χ0) is 15.5. The van der Waals surface area contributed by atoms with Gasteiger partial charge in [-0.15, -0.1) is 0 Å². The lowest BCUT2D eigenvalue weighted by Gasteiger charge is -2.34. The Hall–Kier alpha value is -0.650. The molecular weight excluding hydrogens is 278 g/mol. The number of likely N-dealkylation sites (tertiary alicyclic amines) is 2. The third-order valence-electron chi connectivity index (χ3n) is 5.64. The number of rotatable bonds is 5. The van der Waals surface area contributed by atoms with Crippen molar-refractivity contribution in [1.29, 1.82) is 0 Å². The van der Waals surface area contributed by atoms with Gasteiger partial charge in [-0.05, 0) is 64.5 Å². The molecule has 3 aliphatic rings. The van der Waals surface area contributed by atoms with Gasteiger partial charge in [-0.2, -0.15) is 0 Å². The van der Waals surface area contributed by atoms with E-state index < -0.39 is 0 Å². The van der Waals surface area contributed by atoms with Crippen molar-refractivity contribution in [1.82, 2.24) is 15.1 Å². The number of aliphatic hydroxyl groups excluding tert-OH is 1. The van der Waals surface area contributed by atoms with Crippen LogP contribution in [0.2, 0.25) is 0 Å². The lowest BCUT2D eigenvalue weighted by Crippen LogP contribution is -2.49. The molecule has 2 heterocycles. The third-order valence-corrected chi connectivity index (χ3v) is 5.64. The molecule has 3 fully saturated rings. The van der Waals surface area contributed by atoms with Crippen LogP contribution in [0.5, 0.6) is 0 Å². The Kier molecular flexibility index (Phi) is 5.37. The van der Waals surface area contributed by atoms with Crippen LogP contribution in [0, 0.1) is 5.92 Å². The molecule has 0 aromatic carbocycles. The SMILES string of the molecule is CC(O)C1CCN(CC(=O)NC2CCN(C3CC3)CC2)CC1. The maximum atomic E-state index is 12.2. The molecule has 126 valence electrons. The Bertz CT molecular complexity index is 342. The summed E-state index contributed by atoms with van der Waals surface area (Å²) < 4.78 is 0. The fourth-order valence-electron chi connectivity index (χ4n) is 3.92. The van der Waals surface area contributed by atoms with Crippen LogP contribution in [0.15, 0.2) is 0 Å². The van der Waals surface area contributed by atoms with Gasteiger partial charge in [0, 0.05) is 25.2 Å². The number of hydrogen-bond donors (Lipinski definition) is 2. The highest BCUT2D eigenvalue weighted by Gasteiger charge is 2.32.